The Balaban J connectivity index is 1.44. The Labute approximate surface area is 185 Å². The van der Waals surface area contributed by atoms with Gasteiger partial charge in [-0.05, 0) is 68.3 Å². The van der Waals surface area contributed by atoms with Crippen LogP contribution in [0.4, 0.5) is 4.39 Å². The van der Waals surface area contributed by atoms with Gasteiger partial charge in [0.2, 0.25) is 0 Å². The lowest BCUT2D eigenvalue weighted by atomic mass is 10.1. The second-order valence-corrected chi connectivity index (χ2v) is 8.96. The normalized spacial score (nSPS) is 16.6. The largest absolute Gasteiger partial charge is 0.493 e. The molecule has 168 valence electrons. The molecule has 1 aliphatic heterocycles. The number of rotatable bonds is 10. The van der Waals surface area contributed by atoms with Crippen molar-refractivity contribution in [3.8, 4) is 5.75 Å². The van der Waals surface area contributed by atoms with Gasteiger partial charge < -0.3 is 10.1 Å². The Morgan fingerprint density at radius 2 is 1.94 bits per heavy atom. The molecule has 0 aliphatic carbocycles. The summed E-state index contributed by atoms with van der Waals surface area (Å²) < 4.78 is 19.9. The van der Waals surface area contributed by atoms with Crippen LogP contribution in [0.15, 0.2) is 42.5 Å². The van der Waals surface area contributed by atoms with Gasteiger partial charge in [-0.15, -0.1) is 0 Å². The minimum atomic E-state index is -0.556. The highest BCUT2D eigenvalue weighted by atomic mass is 19.1. The van der Waals surface area contributed by atoms with Gasteiger partial charge in [0.15, 0.2) is 0 Å². The molecule has 1 atom stereocenters. The second kappa shape index (κ2) is 11.3. The van der Waals surface area contributed by atoms with E-state index < -0.39 is 11.7 Å². The molecule has 2 aromatic rings. The van der Waals surface area contributed by atoms with Crippen molar-refractivity contribution in [3.63, 3.8) is 0 Å². The summed E-state index contributed by atoms with van der Waals surface area (Å²) in [5, 5.41) is 2.82. The number of carbonyl (C=O) groups is 1. The van der Waals surface area contributed by atoms with Crippen LogP contribution in [0.3, 0.4) is 0 Å². The molecule has 1 N–H and O–H groups in total. The third-order valence-electron chi connectivity index (χ3n) is 5.95. The van der Waals surface area contributed by atoms with Gasteiger partial charge in [-0.2, -0.15) is 0 Å². The van der Waals surface area contributed by atoms with Crippen molar-refractivity contribution in [1.82, 2.24) is 10.2 Å². The van der Waals surface area contributed by atoms with Crippen LogP contribution in [-0.2, 0) is 13.0 Å². The van der Waals surface area contributed by atoms with E-state index in [1.54, 1.807) is 6.07 Å². The van der Waals surface area contributed by atoms with Crippen molar-refractivity contribution in [1.29, 1.82) is 0 Å². The topological polar surface area (TPSA) is 41.6 Å². The number of hydrogen-bond acceptors (Lipinski definition) is 3. The first-order valence-electron chi connectivity index (χ1n) is 11.4. The molecule has 1 unspecified atom stereocenters. The fourth-order valence-corrected chi connectivity index (χ4v) is 3.87. The van der Waals surface area contributed by atoms with Crippen molar-refractivity contribution in [2.45, 2.75) is 59.0 Å². The predicted molar refractivity (Wildman–Crippen MR) is 123 cm³/mol. The number of likely N-dealkylation sites (tertiary alicyclic amines) is 1. The van der Waals surface area contributed by atoms with E-state index in [0.717, 1.165) is 18.5 Å². The summed E-state index contributed by atoms with van der Waals surface area (Å²) in [6.07, 6.45) is 4.19. The molecule has 0 radical (unpaired) electrons. The van der Waals surface area contributed by atoms with Crippen LogP contribution in [0.5, 0.6) is 5.75 Å². The summed E-state index contributed by atoms with van der Waals surface area (Å²) in [5.41, 5.74) is 2.53. The Morgan fingerprint density at radius 3 is 2.58 bits per heavy atom. The van der Waals surface area contributed by atoms with Crippen LogP contribution < -0.4 is 10.1 Å². The first-order valence-corrected chi connectivity index (χ1v) is 11.4. The van der Waals surface area contributed by atoms with Crippen LogP contribution in [0.25, 0.3) is 0 Å². The molecule has 1 aliphatic rings. The van der Waals surface area contributed by atoms with Gasteiger partial charge in [0, 0.05) is 25.2 Å². The molecule has 1 saturated heterocycles. The number of benzene rings is 2. The highest BCUT2D eigenvalue weighted by molar-refractivity contribution is 5.94. The fourth-order valence-electron chi connectivity index (χ4n) is 3.87. The second-order valence-electron chi connectivity index (χ2n) is 8.96. The van der Waals surface area contributed by atoms with Crippen molar-refractivity contribution < 1.29 is 13.9 Å². The van der Waals surface area contributed by atoms with E-state index in [0.29, 0.717) is 37.3 Å². The van der Waals surface area contributed by atoms with E-state index in [1.807, 2.05) is 0 Å². The Kier molecular flexibility index (Phi) is 8.47. The number of carbonyl (C=O) groups excluding carboxylic acids is 1. The lowest BCUT2D eigenvalue weighted by molar-refractivity contribution is 0.0950. The van der Waals surface area contributed by atoms with Gasteiger partial charge in [-0.3, -0.25) is 9.69 Å². The van der Waals surface area contributed by atoms with Crippen LogP contribution in [0, 0.1) is 11.7 Å². The van der Waals surface area contributed by atoms with E-state index >= 15 is 0 Å². The molecule has 0 saturated carbocycles. The summed E-state index contributed by atoms with van der Waals surface area (Å²) >= 11 is 0. The third-order valence-corrected chi connectivity index (χ3v) is 5.95. The molecule has 4 nitrogen and oxygen atoms in total. The third kappa shape index (κ3) is 7.06. The molecule has 0 spiro atoms. The quantitative estimate of drug-likeness (QED) is 0.567. The number of nitrogens with zero attached hydrogens (tertiary/aromatic N) is 1. The molecule has 1 amide bonds. The Morgan fingerprint density at radius 1 is 1.19 bits per heavy atom. The summed E-state index contributed by atoms with van der Waals surface area (Å²) in [5.74, 6) is 0.0314. The van der Waals surface area contributed by atoms with E-state index in [2.05, 4.69) is 55.3 Å². The van der Waals surface area contributed by atoms with Gasteiger partial charge >= 0.3 is 0 Å². The summed E-state index contributed by atoms with van der Waals surface area (Å²) in [6, 6.07) is 13.7. The van der Waals surface area contributed by atoms with Gasteiger partial charge in [0.05, 0.1) is 12.2 Å². The number of ether oxygens (including phenoxy) is 1. The molecule has 5 heteroatoms. The smallest absolute Gasteiger partial charge is 0.254 e. The van der Waals surface area contributed by atoms with E-state index in [4.69, 9.17) is 4.74 Å². The van der Waals surface area contributed by atoms with Crippen LogP contribution >= 0.6 is 0 Å². The van der Waals surface area contributed by atoms with Crippen LogP contribution in [0.1, 0.15) is 61.5 Å². The molecular weight excluding hydrogens is 391 g/mol. The summed E-state index contributed by atoms with van der Waals surface area (Å²) in [4.78, 5) is 14.9. The molecule has 0 aromatic heterocycles. The zero-order valence-electron chi connectivity index (χ0n) is 19.0. The maximum absolute atomic E-state index is 14.3. The van der Waals surface area contributed by atoms with Crippen LogP contribution in [0.2, 0.25) is 0 Å². The van der Waals surface area contributed by atoms with E-state index in [9.17, 15) is 9.18 Å². The first-order chi connectivity index (χ1) is 14.9. The van der Waals surface area contributed by atoms with Crippen molar-refractivity contribution >= 4 is 5.91 Å². The van der Waals surface area contributed by atoms with Gasteiger partial charge in [0.1, 0.15) is 11.6 Å². The van der Waals surface area contributed by atoms with Crippen molar-refractivity contribution in [2.75, 3.05) is 19.7 Å². The van der Waals surface area contributed by atoms with E-state index in [-0.39, 0.29) is 5.56 Å². The van der Waals surface area contributed by atoms with Gasteiger partial charge in [0.25, 0.3) is 5.91 Å². The lowest BCUT2D eigenvalue weighted by Gasteiger charge is -2.21. The molecule has 0 bridgehead atoms. The highest BCUT2D eigenvalue weighted by Gasteiger charge is 2.19. The van der Waals surface area contributed by atoms with Crippen LogP contribution in [-0.4, -0.2) is 36.5 Å². The zero-order valence-corrected chi connectivity index (χ0v) is 19.0. The Hall–Kier alpha value is -2.40. The van der Waals surface area contributed by atoms with Gasteiger partial charge in [-0.25, -0.2) is 4.39 Å². The maximum atomic E-state index is 14.3. The molecule has 3 rings (SSSR count). The molecule has 2 aromatic carbocycles. The monoisotopic (exact) mass is 426 g/mol. The maximum Gasteiger partial charge on any atom is 0.254 e. The van der Waals surface area contributed by atoms with Crippen molar-refractivity contribution in [2.24, 2.45) is 5.92 Å². The Bertz CT molecular complexity index is 851. The lowest BCUT2D eigenvalue weighted by Crippen LogP contribution is -2.27. The highest BCUT2D eigenvalue weighted by Crippen LogP contribution is 2.20. The van der Waals surface area contributed by atoms with E-state index in [1.165, 1.54) is 37.1 Å². The number of hydrogen-bond donors (Lipinski definition) is 1. The molecule has 1 fully saturated rings. The average Bonchev–Trinajstić information content (AvgIpc) is 3.13. The minimum absolute atomic E-state index is 0.0475. The zero-order chi connectivity index (χ0) is 22.2. The summed E-state index contributed by atoms with van der Waals surface area (Å²) in [7, 11) is 0. The first kappa shape index (κ1) is 23.3. The molecule has 1 heterocycles. The predicted octanol–water partition coefficient (Wildman–Crippen LogP) is 5.21. The molecule has 31 heavy (non-hydrogen) atoms. The molecular formula is C26H35FN2O2. The number of amides is 1. The number of nitrogens with one attached hydrogen (secondary N) is 1. The van der Waals surface area contributed by atoms with Crippen molar-refractivity contribution in [3.05, 3.63) is 65.0 Å². The summed E-state index contributed by atoms with van der Waals surface area (Å²) in [6.45, 7) is 9.69. The minimum Gasteiger partial charge on any atom is -0.493 e. The van der Waals surface area contributed by atoms with Gasteiger partial charge in [-0.1, -0.05) is 38.1 Å². The SMILES string of the molecule is CC(C)CCOc1ccc(C(=O)NCCc2ccc(CN3CCCC3C)cc2)c(F)c1. The fraction of sp³-hybridized carbons (Fsp3) is 0.500. The average molecular weight is 427 g/mol. The number of halogens is 1. The standard InChI is InChI=1S/C26H35FN2O2/c1-19(2)13-16-31-23-10-11-24(25(27)17-23)26(30)28-14-12-21-6-8-22(9-7-21)18-29-15-4-5-20(29)3/h6-11,17,19-20H,4-5,12-16,18H2,1-3H3,(H,28,30).